The van der Waals surface area contributed by atoms with E-state index in [1.807, 2.05) is 0 Å². The zero-order valence-electron chi connectivity index (χ0n) is 11.3. The Kier molecular flexibility index (Phi) is 4.47. The fourth-order valence-electron chi connectivity index (χ4n) is 1.55. The quantitative estimate of drug-likeness (QED) is 0.823. The van der Waals surface area contributed by atoms with Crippen LogP contribution >= 0.6 is 0 Å². The average molecular weight is 266 g/mol. The molecular weight excluding hydrogens is 248 g/mol. The number of aliphatic carboxylic acids is 1. The number of amides is 1. The standard InChI is InChI=1S/C13H18N2O4/c1-13(2,6-4-11(17)18)14-12(19)9-5-7-15(3)10(16)8-9/h5,7-8H,4,6H2,1-3H3,(H,14,19)(H,17,18). The van der Waals surface area contributed by atoms with Crippen LogP contribution in [0, 0.1) is 0 Å². The number of hydrogen-bond acceptors (Lipinski definition) is 3. The third-order valence-corrected chi connectivity index (χ3v) is 2.78. The zero-order valence-corrected chi connectivity index (χ0v) is 11.3. The van der Waals surface area contributed by atoms with Gasteiger partial charge in [-0.25, -0.2) is 0 Å². The number of carboxylic acid groups (broad SMARTS) is 1. The molecule has 1 aromatic rings. The van der Waals surface area contributed by atoms with Gasteiger partial charge in [-0.05, 0) is 26.3 Å². The maximum atomic E-state index is 12.0. The number of carboxylic acids is 1. The van der Waals surface area contributed by atoms with E-state index in [1.165, 1.54) is 16.8 Å². The van der Waals surface area contributed by atoms with Gasteiger partial charge in [0.15, 0.2) is 0 Å². The van der Waals surface area contributed by atoms with Crippen molar-refractivity contribution < 1.29 is 14.7 Å². The first-order valence-electron chi connectivity index (χ1n) is 5.92. The third kappa shape index (κ3) is 4.57. The highest BCUT2D eigenvalue weighted by molar-refractivity contribution is 5.94. The van der Waals surface area contributed by atoms with Crippen molar-refractivity contribution in [2.45, 2.75) is 32.2 Å². The van der Waals surface area contributed by atoms with Crippen LogP contribution in [-0.2, 0) is 11.8 Å². The van der Waals surface area contributed by atoms with Crippen LogP contribution < -0.4 is 10.9 Å². The van der Waals surface area contributed by atoms with E-state index in [0.717, 1.165) is 0 Å². The Morgan fingerprint density at radius 1 is 1.42 bits per heavy atom. The number of nitrogens with zero attached hydrogens (tertiary/aromatic N) is 1. The summed E-state index contributed by atoms with van der Waals surface area (Å²) in [6, 6.07) is 2.80. The van der Waals surface area contributed by atoms with Crippen molar-refractivity contribution in [3.05, 3.63) is 34.2 Å². The summed E-state index contributed by atoms with van der Waals surface area (Å²) in [7, 11) is 1.60. The fourth-order valence-corrected chi connectivity index (χ4v) is 1.55. The normalized spacial score (nSPS) is 11.1. The molecule has 0 atom stereocenters. The number of carbonyl (C=O) groups excluding carboxylic acids is 1. The monoisotopic (exact) mass is 266 g/mol. The molecule has 0 bridgehead atoms. The second-order valence-electron chi connectivity index (χ2n) is 5.10. The van der Waals surface area contributed by atoms with Crippen molar-refractivity contribution in [3.63, 3.8) is 0 Å². The summed E-state index contributed by atoms with van der Waals surface area (Å²) < 4.78 is 1.37. The maximum Gasteiger partial charge on any atom is 0.303 e. The minimum atomic E-state index is -0.907. The molecule has 0 fully saturated rings. The second kappa shape index (κ2) is 5.69. The third-order valence-electron chi connectivity index (χ3n) is 2.78. The Morgan fingerprint density at radius 3 is 2.58 bits per heavy atom. The van der Waals surface area contributed by atoms with E-state index in [9.17, 15) is 14.4 Å². The van der Waals surface area contributed by atoms with Crippen LogP contribution in [0.15, 0.2) is 23.1 Å². The predicted octanol–water partition coefficient (Wildman–Crippen LogP) is 0.758. The van der Waals surface area contributed by atoms with Crippen LogP contribution in [-0.4, -0.2) is 27.1 Å². The van der Waals surface area contributed by atoms with E-state index in [0.29, 0.717) is 6.42 Å². The number of hydrogen-bond donors (Lipinski definition) is 2. The number of rotatable bonds is 5. The SMILES string of the molecule is Cn1ccc(C(=O)NC(C)(C)CCC(=O)O)cc1=O. The highest BCUT2D eigenvalue weighted by atomic mass is 16.4. The van der Waals surface area contributed by atoms with Crippen molar-refractivity contribution in [1.29, 1.82) is 0 Å². The van der Waals surface area contributed by atoms with Crippen LogP contribution in [0.1, 0.15) is 37.0 Å². The second-order valence-corrected chi connectivity index (χ2v) is 5.10. The zero-order chi connectivity index (χ0) is 14.6. The molecule has 0 spiro atoms. The molecule has 19 heavy (non-hydrogen) atoms. The van der Waals surface area contributed by atoms with Crippen LogP contribution in [0.25, 0.3) is 0 Å². The number of aromatic nitrogens is 1. The van der Waals surface area contributed by atoms with Crippen LogP contribution in [0.4, 0.5) is 0 Å². The molecule has 6 nitrogen and oxygen atoms in total. The molecule has 1 aromatic heterocycles. The predicted molar refractivity (Wildman–Crippen MR) is 70.1 cm³/mol. The lowest BCUT2D eigenvalue weighted by Gasteiger charge is -2.25. The summed E-state index contributed by atoms with van der Waals surface area (Å²) in [6.45, 7) is 3.49. The molecule has 0 unspecified atom stereocenters. The Labute approximate surface area is 111 Å². The number of aryl methyl sites for hydroxylation is 1. The highest BCUT2D eigenvalue weighted by Crippen LogP contribution is 2.12. The van der Waals surface area contributed by atoms with Crippen molar-refractivity contribution in [1.82, 2.24) is 9.88 Å². The van der Waals surface area contributed by atoms with E-state index in [4.69, 9.17) is 5.11 Å². The Bertz CT molecular complexity index is 546. The van der Waals surface area contributed by atoms with Crippen molar-refractivity contribution in [2.75, 3.05) is 0 Å². The van der Waals surface area contributed by atoms with E-state index < -0.39 is 11.5 Å². The minimum absolute atomic E-state index is 0.0240. The molecule has 2 N–H and O–H groups in total. The summed E-state index contributed by atoms with van der Waals surface area (Å²) in [6.07, 6.45) is 1.81. The first kappa shape index (κ1) is 14.9. The van der Waals surface area contributed by atoms with E-state index >= 15 is 0 Å². The van der Waals surface area contributed by atoms with E-state index in [2.05, 4.69) is 5.32 Å². The molecule has 0 aliphatic heterocycles. The van der Waals surface area contributed by atoms with Gasteiger partial charge in [0.2, 0.25) is 0 Å². The summed E-state index contributed by atoms with van der Waals surface area (Å²) >= 11 is 0. The topological polar surface area (TPSA) is 88.4 Å². The molecular formula is C13H18N2O4. The van der Waals surface area contributed by atoms with Crippen LogP contribution in [0.3, 0.4) is 0 Å². The highest BCUT2D eigenvalue weighted by Gasteiger charge is 2.22. The molecule has 0 aliphatic carbocycles. The minimum Gasteiger partial charge on any atom is -0.481 e. The van der Waals surface area contributed by atoms with Gasteiger partial charge < -0.3 is 15.0 Å². The van der Waals surface area contributed by atoms with Gasteiger partial charge in [-0.15, -0.1) is 0 Å². The van der Waals surface area contributed by atoms with Gasteiger partial charge in [0, 0.05) is 36.8 Å². The molecule has 6 heteroatoms. The lowest BCUT2D eigenvalue weighted by molar-refractivity contribution is -0.137. The van der Waals surface area contributed by atoms with Crippen molar-refractivity contribution in [3.8, 4) is 0 Å². The number of pyridine rings is 1. The molecule has 0 radical (unpaired) electrons. The van der Waals surface area contributed by atoms with Gasteiger partial charge in [0.05, 0.1) is 0 Å². The number of nitrogens with one attached hydrogen (secondary N) is 1. The van der Waals surface area contributed by atoms with Gasteiger partial charge in [-0.1, -0.05) is 0 Å². The summed E-state index contributed by atoms with van der Waals surface area (Å²) in [4.78, 5) is 33.9. The van der Waals surface area contributed by atoms with Gasteiger partial charge in [-0.2, -0.15) is 0 Å². The van der Waals surface area contributed by atoms with Gasteiger partial charge in [0.25, 0.3) is 11.5 Å². The molecule has 1 amide bonds. The number of carbonyl (C=O) groups is 2. The Balaban J connectivity index is 2.75. The molecule has 0 aliphatic rings. The van der Waals surface area contributed by atoms with Crippen molar-refractivity contribution >= 4 is 11.9 Å². The van der Waals surface area contributed by atoms with E-state index in [-0.39, 0.29) is 23.5 Å². The first-order chi connectivity index (χ1) is 8.71. The molecule has 0 saturated heterocycles. The van der Waals surface area contributed by atoms with Gasteiger partial charge in [-0.3, -0.25) is 14.4 Å². The largest absolute Gasteiger partial charge is 0.481 e. The summed E-state index contributed by atoms with van der Waals surface area (Å²) in [5.41, 5.74) is -0.640. The summed E-state index contributed by atoms with van der Waals surface area (Å²) in [5, 5.41) is 11.4. The van der Waals surface area contributed by atoms with Crippen LogP contribution in [0.2, 0.25) is 0 Å². The Morgan fingerprint density at radius 2 is 2.05 bits per heavy atom. The van der Waals surface area contributed by atoms with Crippen LogP contribution in [0.5, 0.6) is 0 Å². The van der Waals surface area contributed by atoms with E-state index in [1.54, 1.807) is 27.0 Å². The Hall–Kier alpha value is -2.11. The lowest BCUT2D eigenvalue weighted by atomic mass is 9.98. The summed E-state index contributed by atoms with van der Waals surface area (Å²) in [5.74, 6) is -1.29. The van der Waals surface area contributed by atoms with Crippen molar-refractivity contribution in [2.24, 2.45) is 7.05 Å². The molecule has 1 rings (SSSR count). The molecule has 0 saturated carbocycles. The fraction of sp³-hybridized carbons (Fsp3) is 0.462. The maximum absolute atomic E-state index is 12.0. The van der Waals surface area contributed by atoms with Gasteiger partial charge >= 0.3 is 5.97 Å². The first-order valence-corrected chi connectivity index (χ1v) is 5.92. The van der Waals surface area contributed by atoms with Gasteiger partial charge in [0.1, 0.15) is 0 Å². The smallest absolute Gasteiger partial charge is 0.303 e. The average Bonchev–Trinajstić information content (AvgIpc) is 2.29. The molecule has 0 aromatic carbocycles. The molecule has 104 valence electrons. The lowest BCUT2D eigenvalue weighted by Crippen LogP contribution is -2.44. The molecule has 1 heterocycles.